The molecule has 0 atom stereocenters. The van der Waals surface area contributed by atoms with E-state index in [-0.39, 0.29) is 22.6 Å². The number of halogens is 4. The Hall–Kier alpha value is -2.70. The van der Waals surface area contributed by atoms with Gasteiger partial charge >= 0.3 is 0 Å². The molecule has 0 bridgehead atoms. The van der Waals surface area contributed by atoms with Crippen LogP contribution in [-0.4, -0.2) is 13.2 Å². The average Bonchev–Trinajstić information content (AvgIpc) is 2.97. The van der Waals surface area contributed by atoms with Crippen LogP contribution in [0.3, 0.4) is 0 Å². The van der Waals surface area contributed by atoms with Gasteiger partial charge in [-0.25, -0.2) is 17.6 Å². The summed E-state index contributed by atoms with van der Waals surface area (Å²) in [7, 11) is 0. The lowest BCUT2D eigenvalue weighted by atomic mass is 9.96. The molecule has 1 saturated heterocycles. The number of aryl methyl sites for hydroxylation is 1. The summed E-state index contributed by atoms with van der Waals surface area (Å²) in [4.78, 5) is 0. The van der Waals surface area contributed by atoms with Gasteiger partial charge in [0.2, 0.25) is 0 Å². The SMILES string of the molecule is CCCCCCCC1COC(c2ccc(-c3ccc(-c4ccc(CCCCC)c(F)c4F)cc3)c(F)c2F)OC1. The maximum atomic E-state index is 15.2. The number of ether oxygens (including phenoxy) is 2. The predicted molar refractivity (Wildman–Crippen MR) is 152 cm³/mol. The Bertz CT molecular complexity index is 1230. The molecule has 0 N–H and O–H groups in total. The summed E-state index contributed by atoms with van der Waals surface area (Å²) in [6, 6.07) is 12.5. The normalized spacial score (nSPS) is 17.4. The van der Waals surface area contributed by atoms with E-state index in [1.807, 2.05) is 0 Å². The lowest BCUT2D eigenvalue weighted by Gasteiger charge is -2.30. The first-order chi connectivity index (χ1) is 19.4. The van der Waals surface area contributed by atoms with Crippen LogP contribution < -0.4 is 0 Å². The van der Waals surface area contributed by atoms with Gasteiger partial charge in [0, 0.05) is 22.6 Å². The summed E-state index contributed by atoms with van der Waals surface area (Å²) in [6.07, 6.45) is 9.31. The van der Waals surface area contributed by atoms with Crippen LogP contribution in [0.15, 0.2) is 48.5 Å². The zero-order chi connectivity index (χ0) is 28.5. The fourth-order valence-electron chi connectivity index (χ4n) is 5.30. The van der Waals surface area contributed by atoms with Gasteiger partial charge in [0.1, 0.15) is 0 Å². The van der Waals surface area contributed by atoms with E-state index in [1.165, 1.54) is 37.8 Å². The van der Waals surface area contributed by atoms with Crippen molar-refractivity contribution in [3.63, 3.8) is 0 Å². The monoisotopic (exact) mass is 556 g/mol. The highest BCUT2D eigenvalue weighted by Gasteiger charge is 2.28. The van der Waals surface area contributed by atoms with E-state index in [2.05, 4.69) is 13.8 Å². The fraction of sp³-hybridized carbons (Fsp3) is 0.471. The van der Waals surface area contributed by atoms with Crippen molar-refractivity contribution in [1.82, 2.24) is 0 Å². The summed E-state index contributed by atoms with van der Waals surface area (Å²) in [5.41, 5.74) is 1.50. The molecule has 0 saturated carbocycles. The molecule has 1 aliphatic rings. The van der Waals surface area contributed by atoms with Crippen LogP contribution >= 0.6 is 0 Å². The zero-order valence-corrected chi connectivity index (χ0v) is 23.6. The van der Waals surface area contributed by atoms with Crippen molar-refractivity contribution >= 4 is 0 Å². The molecule has 1 aliphatic heterocycles. The highest BCUT2D eigenvalue weighted by Crippen LogP contribution is 2.35. The number of hydrogen-bond acceptors (Lipinski definition) is 2. The summed E-state index contributed by atoms with van der Waals surface area (Å²) in [6.45, 7) is 5.16. The lowest BCUT2D eigenvalue weighted by molar-refractivity contribution is -0.207. The van der Waals surface area contributed by atoms with E-state index in [4.69, 9.17) is 9.47 Å². The van der Waals surface area contributed by atoms with E-state index in [0.29, 0.717) is 36.3 Å². The molecule has 3 aromatic rings. The van der Waals surface area contributed by atoms with Crippen LogP contribution in [0.2, 0.25) is 0 Å². The maximum Gasteiger partial charge on any atom is 0.186 e. The average molecular weight is 557 g/mol. The van der Waals surface area contributed by atoms with Crippen LogP contribution in [0, 0.1) is 29.2 Å². The van der Waals surface area contributed by atoms with Crippen molar-refractivity contribution in [2.45, 2.75) is 84.3 Å². The van der Waals surface area contributed by atoms with E-state index >= 15 is 8.78 Å². The Morgan fingerprint density at radius 3 is 1.77 bits per heavy atom. The molecule has 0 unspecified atom stereocenters. The van der Waals surface area contributed by atoms with E-state index in [0.717, 1.165) is 32.1 Å². The fourth-order valence-corrected chi connectivity index (χ4v) is 5.30. The molecule has 0 radical (unpaired) electrons. The number of hydrogen-bond donors (Lipinski definition) is 0. The van der Waals surface area contributed by atoms with Gasteiger partial charge in [-0.2, -0.15) is 0 Å². The second-order valence-corrected chi connectivity index (χ2v) is 10.8. The van der Waals surface area contributed by atoms with Crippen molar-refractivity contribution in [1.29, 1.82) is 0 Å². The Morgan fingerprint density at radius 2 is 1.15 bits per heavy atom. The molecule has 0 aliphatic carbocycles. The minimum Gasteiger partial charge on any atom is -0.348 e. The van der Waals surface area contributed by atoms with Gasteiger partial charge in [0.15, 0.2) is 29.6 Å². The minimum atomic E-state index is -1.00. The number of rotatable bonds is 13. The van der Waals surface area contributed by atoms with Gasteiger partial charge in [0.25, 0.3) is 0 Å². The lowest BCUT2D eigenvalue weighted by Crippen LogP contribution is -2.27. The molecule has 3 aromatic carbocycles. The van der Waals surface area contributed by atoms with Crippen molar-refractivity contribution in [3.05, 3.63) is 82.9 Å². The second kappa shape index (κ2) is 14.8. The third-order valence-electron chi connectivity index (χ3n) is 7.77. The Labute approximate surface area is 235 Å². The van der Waals surface area contributed by atoms with Gasteiger partial charge in [-0.3, -0.25) is 0 Å². The first kappa shape index (κ1) is 30.3. The first-order valence-electron chi connectivity index (χ1n) is 14.7. The predicted octanol–water partition coefficient (Wildman–Crippen LogP) is 10.3. The molecule has 0 amide bonds. The molecule has 1 heterocycles. The van der Waals surface area contributed by atoms with Crippen LogP contribution in [0.1, 0.15) is 89.1 Å². The van der Waals surface area contributed by atoms with E-state index in [1.54, 1.807) is 36.4 Å². The van der Waals surface area contributed by atoms with Gasteiger partial charge in [-0.1, -0.05) is 107 Å². The molecular formula is C34H40F4O2. The Morgan fingerprint density at radius 1 is 0.600 bits per heavy atom. The molecule has 6 heteroatoms. The van der Waals surface area contributed by atoms with Crippen LogP contribution in [0.25, 0.3) is 22.3 Å². The largest absolute Gasteiger partial charge is 0.348 e. The number of unbranched alkanes of at least 4 members (excludes halogenated alkanes) is 6. The van der Waals surface area contributed by atoms with Gasteiger partial charge in [-0.15, -0.1) is 0 Å². The second-order valence-electron chi connectivity index (χ2n) is 10.8. The minimum absolute atomic E-state index is 0.0378. The molecule has 40 heavy (non-hydrogen) atoms. The molecule has 0 spiro atoms. The summed E-state index contributed by atoms with van der Waals surface area (Å²) in [5.74, 6) is -3.46. The van der Waals surface area contributed by atoms with Crippen molar-refractivity contribution in [2.24, 2.45) is 5.92 Å². The molecular weight excluding hydrogens is 516 g/mol. The third-order valence-corrected chi connectivity index (χ3v) is 7.77. The first-order valence-corrected chi connectivity index (χ1v) is 14.7. The zero-order valence-electron chi connectivity index (χ0n) is 23.6. The molecule has 1 fully saturated rings. The van der Waals surface area contributed by atoms with Crippen LogP contribution in [-0.2, 0) is 15.9 Å². The topological polar surface area (TPSA) is 18.5 Å². The maximum absolute atomic E-state index is 15.2. The standard InChI is InChI=1S/C34H40F4O2/c1-3-5-7-8-10-11-23-21-39-34(40-22-23)29-20-19-28(32(37)33(29)38)25-15-13-24(14-16-25)27-18-17-26(12-9-6-4-2)30(35)31(27)36/h13-20,23,34H,3-12,21-22H2,1-2H3. The smallest absolute Gasteiger partial charge is 0.186 e. The van der Waals surface area contributed by atoms with Crippen LogP contribution in [0.4, 0.5) is 17.6 Å². The summed E-state index contributed by atoms with van der Waals surface area (Å²) in [5, 5.41) is 0. The number of benzene rings is 3. The highest BCUT2D eigenvalue weighted by atomic mass is 19.2. The van der Waals surface area contributed by atoms with E-state index < -0.39 is 29.6 Å². The summed E-state index contributed by atoms with van der Waals surface area (Å²) >= 11 is 0. The van der Waals surface area contributed by atoms with Crippen molar-refractivity contribution < 1.29 is 27.0 Å². The quantitative estimate of drug-likeness (QED) is 0.154. The molecule has 216 valence electrons. The highest BCUT2D eigenvalue weighted by molar-refractivity contribution is 5.71. The van der Waals surface area contributed by atoms with Crippen molar-refractivity contribution in [3.8, 4) is 22.3 Å². The summed E-state index contributed by atoms with van der Waals surface area (Å²) < 4.78 is 71.3. The molecule has 2 nitrogen and oxygen atoms in total. The van der Waals surface area contributed by atoms with Crippen molar-refractivity contribution in [2.75, 3.05) is 13.2 Å². The molecule has 0 aromatic heterocycles. The van der Waals surface area contributed by atoms with Gasteiger partial charge < -0.3 is 9.47 Å². The Kier molecular flexibility index (Phi) is 11.2. The van der Waals surface area contributed by atoms with Gasteiger partial charge in [0.05, 0.1) is 13.2 Å². The van der Waals surface area contributed by atoms with Crippen LogP contribution in [0.5, 0.6) is 0 Å². The van der Waals surface area contributed by atoms with E-state index in [9.17, 15) is 8.78 Å². The third kappa shape index (κ3) is 7.32. The Balaban J connectivity index is 1.41. The van der Waals surface area contributed by atoms with Gasteiger partial charge in [-0.05, 0) is 36.0 Å². The molecule has 4 rings (SSSR count).